The highest BCUT2D eigenvalue weighted by Crippen LogP contribution is 2.21. The molecule has 1 aliphatic heterocycles. The zero-order valence-electron chi connectivity index (χ0n) is 20.8. The highest BCUT2D eigenvalue weighted by molar-refractivity contribution is 6.04. The minimum atomic E-state index is -0.219. The Balaban J connectivity index is 1.25. The lowest BCUT2D eigenvalue weighted by molar-refractivity contribution is 0.102. The van der Waals surface area contributed by atoms with Gasteiger partial charge < -0.3 is 10.2 Å². The molecule has 0 aliphatic carbocycles. The Morgan fingerprint density at radius 1 is 1.17 bits per heavy atom. The van der Waals surface area contributed by atoms with Crippen molar-refractivity contribution in [3.8, 4) is 11.8 Å². The summed E-state index contributed by atoms with van der Waals surface area (Å²) in [6, 6.07) is 12.2. The van der Waals surface area contributed by atoms with E-state index in [0.29, 0.717) is 22.9 Å². The van der Waals surface area contributed by atoms with Crippen LogP contribution in [0, 0.1) is 18.8 Å². The molecule has 0 bridgehead atoms. The van der Waals surface area contributed by atoms with Crippen LogP contribution >= 0.6 is 0 Å². The number of hydrogen-bond acceptors (Lipinski definition) is 6. The molecular formula is C28H29N7O. The molecule has 5 rings (SSSR count). The number of benzene rings is 1. The van der Waals surface area contributed by atoms with Crippen molar-refractivity contribution < 1.29 is 4.79 Å². The molecule has 182 valence electrons. The highest BCUT2D eigenvalue weighted by atomic mass is 16.1. The summed E-state index contributed by atoms with van der Waals surface area (Å²) in [7, 11) is 4.29. The fraction of sp³-hybridized carbons (Fsp3) is 0.286. The number of nitrogens with zero attached hydrogens (tertiary/aromatic N) is 6. The van der Waals surface area contributed by atoms with Crippen molar-refractivity contribution in [2.75, 3.05) is 32.5 Å². The van der Waals surface area contributed by atoms with Crippen molar-refractivity contribution in [3.63, 3.8) is 0 Å². The number of hydrogen-bond donors (Lipinski definition) is 1. The van der Waals surface area contributed by atoms with Gasteiger partial charge in [-0.2, -0.15) is 5.10 Å². The van der Waals surface area contributed by atoms with Gasteiger partial charge in [0.2, 0.25) is 0 Å². The van der Waals surface area contributed by atoms with E-state index in [1.807, 2.05) is 24.3 Å². The van der Waals surface area contributed by atoms with E-state index in [4.69, 9.17) is 0 Å². The number of aryl methyl sites for hydroxylation is 1. The van der Waals surface area contributed by atoms with Gasteiger partial charge in [-0.05, 0) is 74.8 Å². The van der Waals surface area contributed by atoms with E-state index in [-0.39, 0.29) is 5.91 Å². The van der Waals surface area contributed by atoms with Gasteiger partial charge in [-0.25, -0.2) is 9.50 Å². The first kappa shape index (κ1) is 23.7. The van der Waals surface area contributed by atoms with Crippen LogP contribution in [-0.4, -0.2) is 68.5 Å². The van der Waals surface area contributed by atoms with Crippen LogP contribution in [0.25, 0.3) is 5.65 Å². The minimum absolute atomic E-state index is 0.219. The van der Waals surface area contributed by atoms with Crippen LogP contribution in [0.5, 0.6) is 0 Å². The number of carbonyl (C=O) groups excluding carboxylic acids is 1. The van der Waals surface area contributed by atoms with Gasteiger partial charge in [-0.3, -0.25) is 14.7 Å². The Bertz CT molecular complexity index is 1460. The van der Waals surface area contributed by atoms with Crippen molar-refractivity contribution in [3.05, 3.63) is 89.1 Å². The molecule has 4 aromatic rings. The number of pyridine rings is 1. The zero-order valence-corrected chi connectivity index (χ0v) is 20.8. The van der Waals surface area contributed by atoms with Gasteiger partial charge in [0.1, 0.15) is 5.69 Å². The summed E-state index contributed by atoms with van der Waals surface area (Å²) in [6.45, 7) is 5.22. The Hall–Kier alpha value is -4.06. The van der Waals surface area contributed by atoms with Crippen LogP contribution in [0.2, 0.25) is 0 Å². The van der Waals surface area contributed by atoms with Gasteiger partial charge in [-0.1, -0.05) is 12.0 Å². The van der Waals surface area contributed by atoms with Crippen LogP contribution in [0.4, 0.5) is 5.69 Å². The van der Waals surface area contributed by atoms with Crippen LogP contribution in [0.15, 0.2) is 61.2 Å². The smallest absolute Gasteiger partial charge is 0.257 e. The van der Waals surface area contributed by atoms with Gasteiger partial charge in [-0.15, -0.1) is 0 Å². The standard InChI is InChI=1S/C28H29N7O/c1-20-13-24(8-7-22(20)18-34-12-10-26(19-34)33(2)3)32-28(36)23-14-21(15-29-16-23)6-9-25-17-30-27-5-4-11-31-35(25)27/h4-5,7-8,11,13-17,26H,10,12,18-19H2,1-3H3,(H,32,36)/t26-/m0/s1. The summed E-state index contributed by atoms with van der Waals surface area (Å²) in [5.41, 5.74) is 5.71. The summed E-state index contributed by atoms with van der Waals surface area (Å²) in [4.78, 5) is 26.2. The molecule has 1 atom stereocenters. The van der Waals surface area contributed by atoms with Gasteiger partial charge in [0.05, 0.1) is 11.8 Å². The van der Waals surface area contributed by atoms with Crippen LogP contribution in [-0.2, 0) is 6.54 Å². The predicted molar refractivity (Wildman–Crippen MR) is 140 cm³/mol. The topological polar surface area (TPSA) is 78.7 Å². The molecule has 1 aromatic carbocycles. The molecule has 0 unspecified atom stereocenters. The summed E-state index contributed by atoms with van der Waals surface area (Å²) in [5.74, 6) is 5.90. The predicted octanol–water partition coefficient (Wildman–Crippen LogP) is 3.22. The minimum Gasteiger partial charge on any atom is -0.322 e. The highest BCUT2D eigenvalue weighted by Gasteiger charge is 2.24. The number of rotatable bonds is 5. The number of fused-ring (bicyclic) bond motifs is 1. The van der Waals surface area contributed by atoms with Gasteiger partial charge in [0, 0.05) is 55.5 Å². The second-order valence-electron chi connectivity index (χ2n) is 9.39. The Kier molecular flexibility index (Phi) is 6.76. The maximum atomic E-state index is 12.9. The number of nitrogens with one attached hydrogen (secondary N) is 1. The third-order valence-electron chi connectivity index (χ3n) is 6.59. The van der Waals surface area contributed by atoms with Gasteiger partial charge in [0.25, 0.3) is 5.91 Å². The van der Waals surface area contributed by atoms with Crippen molar-refractivity contribution in [2.45, 2.75) is 25.9 Å². The number of amides is 1. The van der Waals surface area contributed by atoms with E-state index in [9.17, 15) is 4.79 Å². The lowest BCUT2D eigenvalue weighted by Gasteiger charge is -2.21. The van der Waals surface area contributed by atoms with Crippen molar-refractivity contribution >= 4 is 17.2 Å². The molecule has 0 saturated carbocycles. The molecule has 1 amide bonds. The van der Waals surface area contributed by atoms with Gasteiger partial charge in [0.15, 0.2) is 5.65 Å². The molecule has 3 aromatic heterocycles. The fourth-order valence-corrected chi connectivity index (χ4v) is 4.46. The number of likely N-dealkylation sites (tertiary alicyclic amines) is 1. The van der Waals surface area contributed by atoms with E-state index >= 15 is 0 Å². The van der Waals surface area contributed by atoms with Gasteiger partial charge >= 0.3 is 0 Å². The maximum absolute atomic E-state index is 12.9. The molecular weight excluding hydrogens is 450 g/mol. The lowest BCUT2D eigenvalue weighted by atomic mass is 10.1. The molecule has 1 aliphatic rings. The fourth-order valence-electron chi connectivity index (χ4n) is 4.46. The normalized spacial score (nSPS) is 15.7. The van der Waals surface area contributed by atoms with E-state index < -0.39 is 0 Å². The third-order valence-corrected chi connectivity index (χ3v) is 6.59. The van der Waals surface area contributed by atoms with E-state index in [1.54, 1.807) is 35.4 Å². The van der Waals surface area contributed by atoms with Crippen molar-refractivity contribution in [2.24, 2.45) is 0 Å². The molecule has 36 heavy (non-hydrogen) atoms. The Morgan fingerprint density at radius 2 is 2.06 bits per heavy atom. The third kappa shape index (κ3) is 5.28. The SMILES string of the molecule is Cc1cc(NC(=O)c2cncc(C#Cc3cnc4cccnn34)c2)ccc1CN1CC[C@H](N(C)C)C1. The summed E-state index contributed by atoms with van der Waals surface area (Å²) in [6.07, 6.45) is 7.75. The quantitative estimate of drug-likeness (QED) is 0.443. The largest absolute Gasteiger partial charge is 0.322 e. The maximum Gasteiger partial charge on any atom is 0.257 e. The molecule has 8 nitrogen and oxygen atoms in total. The van der Waals surface area contributed by atoms with Crippen molar-refractivity contribution in [1.29, 1.82) is 0 Å². The number of likely N-dealkylation sites (N-methyl/N-ethyl adjacent to an activating group) is 1. The Morgan fingerprint density at radius 3 is 2.86 bits per heavy atom. The van der Waals surface area contributed by atoms with Crippen LogP contribution < -0.4 is 5.32 Å². The molecule has 0 spiro atoms. The number of anilines is 1. The molecule has 1 fully saturated rings. The van der Waals surface area contributed by atoms with Crippen LogP contribution in [0.3, 0.4) is 0 Å². The first-order chi connectivity index (χ1) is 17.5. The van der Waals surface area contributed by atoms with Crippen LogP contribution in [0.1, 0.15) is 39.2 Å². The van der Waals surface area contributed by atoms with E-state index in [2.05, 4.69) is 69.1 Å². The lowest BCUT2D eigenvalue weighted by Crippen LogP contribution is -2.31. The first-order valence-electron chi connectivity index (χ1n) is 12.0. The summed E-state index contributed by atoms with van der Waals surface area (Å²) < 4.78 is 1.67. The zero-order chi connectivity index (χ0) is 25.1. The number of carbonyl (C=O) groups is 1. The molecule has 1 N–H and O–H groups in total. The average molecular weight is 480 g/mol. The summed E-state index contributed by atoms with van der Waals surface area (Å²) in [5, 5.41) is 7.26. The molecule has 4 heterocycles. The monoisotopic (exact) mass is 479 g/mol. The van der Waals surface area contributed by atoms with E-state index in [0.717, 1.165) is 31.0 Å². The second-order valence-corrected chi connectivity index (χ2v) is 9.39. The molecule has 8 heteroatoms. The number of aromatic nitrogens is 4. The summed E-state index contributed by atoms with van der Waals surface area (Å²) >= 11 is 0. The Labute approximate surface area is 211 Å². The van der Waals surface area contributed by atoms with Crippen molar-refractivity contribution in [1.82, 2.24) is 29.4 Å². The average Bonchev–Trinajstić information content (AvgIpc) is 3.52. The second kappa shape index (κ2) is 10.3. The number of imidazole rings is 1. The van der Waals surface area contributed by atoms with E-state index in [1.165, 1.54) is 17.5 Å². The first-order valence-corrected chi connectivity index (χ1v) is 12.0. The molecule has 0 radical (unpaired) electrons. The molecule has 1 saturated heterocycles.